The predicted molar refractivity (Wildman–Crippen MR) is 109 cm³/mol. The van der Waals surface area contributed by atoms with Gasteiger partial charge in [0.05, 0.1) is 0 Å². The SMILES string of the molecule is CC(C)C(CNCc1ccccc1OCC(=O)N1CCCC1)N1CCCC1. The smallest absolute Gasteiger partial charge is 0.260 e. The van der Waals surface area contributed by atoms with E-state index in [1.807, 2.05) is 23.1 Å². The highest BCUT2D eigenvalue weighted by Gasteiger charge is 2.24. The molecule has 0 saturated carbocycles. The van der Waals surface area contributed by atoms with Gasteiger partial charge in [-0.25, -0.2) is 0 Å². The number of para-hydroxylation sites is 1. The van der Waals surface area contributed by atoms with E-state index in [1.165, 1.54) is 25.9 Å². The Morgan fingerprint density at radius 2 is 1.74 bits per heavy atom. The molecule has 2 aliphatic heterocycles. The van der Waals surface area contributed by atoms with Crippen LogP contribution >= 0.6 is 0 Å². The minimum atomic E-state index is 0.101. The second-order valence-corrected chi connectivity index (χ2v) is 8.17. The summed E-state index contributed by atoms with van der Waals surface area (Å²) >= 11 is 0. The monoisotopic (exact) mass is 373 g/mol. The third kappa shape index (κ3) is 5.69. The molecule has 1 unspecified atom stereocenters. The van der Waals surface area contributed by atoms with Crippen LogP contribution in [0.2, 0.25) is 0 Å². The Bertz CT molecular complexity index is 593. The van der Waals surface area contributed by atoms with Crippen molar-refractivity contribution in [3.63, 3.8) is 0 Å². The van der Waals surface area contributed by atoms with Crippen molar-refractivity contribution in [3.8, 4) is 5.75 Å². The lowest BCUT2D eigenvalue weighted by atomic mass is 10.0. The van der Waals surface area contributed by atoms with Gasteiger partial charge < -0.3 is 15.0 Å². The summed E-state index contributed by atoms with van der Waals surface area (Å²) in [6.45, 7) is 10.7. The first-order valence-electron chi connectivity index (χ1n) is 10.6. The van der Waals surface area contributed by atoms with E-state index in [0.29, 0.717) is 12.0 Å². The number of carbonyl (C=O) groups is 1. The van der Waals surface area contributed by atoms with Gasteiger partial charge in [-0.15, -0.1) is 0 Å². The zero-order valence-corrected chi connectivity index (χ0v) is 17.0. The van der Waals surface area contributed by atoms with E-state index in [-0.39, 0.29) is 12.5 Å². The molecular weight excluding hydrogens is 338 g/mol. The van der Waals surface area contributed by atoms with Crippen LogP contribution in [-0.4, -0.2) is 61.1 Å². The number of likely N-dealkylation sites (tertiary alicyclic amines) is 2. The number of hydrogen-bond acceptors (Lipinski definition) is 4. The maximum absolute atomic E-state index is 12.2. The van der Waals surface area contributed by atoms with Crippen molar-refractivity contribution in [2.24, 2.45) is 5.92 Å². The fraction of sp³-hybridized carbons (Fsp3) is 0.682. The molecule has 2 heterocycles. The van der Waals surface area contributed by atoms with Crippen LogP contribution in [0.4, 0.5) is 0 Å². The van der Waals surface area contributed by atoms with Gasteiger partial charge in [-0.05, 0) is 50.8 Å². The van der Waals surface area contributed by atoms with Crippen molar-refractivity contribution < 1.29 is 9.53 Å². The molecule has 1 N–H and O–H groups in total. The van der Waals surface area contributed by atoms with Crippen molar-refractivity contribution in [3.05, 3.63) is 29.8 Å². The Morgan fingerprint density at radius 3 is 2.44 bits per heavy atom. The molecular formula is C22H35N3O2. The van der Waals surface area contributed by atoms with Crippen molar-refractivity contribution in [2.75, 3.05) is 39.3 Å². The lowest BCUT2D eigenvalue weighted by Crippen LogP contribution is -2.44. The first-order chi connectivity index (χ1) is 13.1. The maximum Gasteiger partial charge on any atom is 0.260 e. The van der Waals surface area contributed by atoms with E-state index in [2.05, 4.69) is 30.1 Å². The molecule has 27 heavy (non-hydrogen) atoms. The van der Waals surface area contributed by atoms with Gasteiger partial charge in [0.25, 0.3) is 5.91 Å². The quantitative estimate of drug-likeness (QED) is 0.723. The average Bonchev–Trinajstić information content (AvgIpc) is 3.37. The van der Waals surface area contributed by atoms with Gasteiger partial charge in [-0.3, -0.25) is 9.69 Å². The van der Waals surface area contributed by atoms with Gasteiger partial charge in [-0.1, -0.05) is 32.0 Å². The lowest BCUT2D eigenvalue weighted by molar-refractivity contribution is -0.132. The number of nitrogens with zero attached hydrogens (tertiary/aromatic N) is 2. The minimum absolute atomic E-state index is 0.101. The molecule has 0 bridgehead atoms. The Labute approximate surface area is 164 Å². The van der Waals surface area contributed by atoms with Crippen molar-refractivity contribution in [1.82, 2.24) is 15.1 Å². The molecule has 0 aromatic heterocycles. The van der Waals surface area contributed by atoms with Gasteiger partial charge in [-0.2, -0.15) is 0 Å². The fourth-order valence-electron chi connectivity index (χ4n) is 4.20. The van der Waals surface area contributed by atoms with Crippen LogP contribution in [0.1, 0.15) is 45.1 Å². The molecule has 1 amide bonds. The first-order valence-corrected chi connectivity index (χ1v) is 10.6. The average molecular weight is 374 g/mol. The van der Waals surface area contributed by atoms with Gasteiger partial charge in [0.1, 0.15) is 5.75 Å². The number of amides is 1. The van der Waals surface area contributed by atoms with Gasteiger partial charge in [0.15, 0.2) is 6.61 Å². The molecule has 0 spiro atoms. The van der Waals surface area contributed by atoms with Crippen LogP contribution < -0.4 is 10.1 Å². The topological polar surface area (TPSA) is 44.8 Å². The van der Waals surface area contributed by atoms with Crippen LogP contribution in [0.25, 0.3) is 0 Å². The van der Waals surface area contributed by atoms with Crippen LogP contribution in [0.15, 0.2) is 24.3 Å². The molecule has 5 nitrogen and oxygen atoms in total. The molecule has 1 aromatic rings. The predicted octanol–water partition coefficient (Wildman–Crippen LogP) is 2.90. The molecule has 150 valence electrons. The number of nitrogens with one attached hydrogen (secondary N) is 1. The Morgan fingerprint density at radius 1 is 1.07 bits per heavy atom. The molecule has 2 aliphatic rings. The molecule has 1 aromatic carbocycles. The first kappa shape index (κ1) is 20.2. The largest absolute Gasteiger partial charge is 0.483 e. The van der Waals surface area contributed by atoms with Gasteiger partial charge in [0, 0.05) is 37.8 Å². The minimum Gasteiger partial charge on any atom is -0.483 e. The molecule has 0 radical (unpaired) electrons. The zero-order chi connectivity index (χ0) is 19.1. The summed E-state index contributed by atoms with van der Waals surface area (Å²) in [6.07, 6.45) is 4.87. The summed E-state index contributed by atoms with van der Waals surface area (Å²) in [5.74, 6) is 1.56. The number of benzene rings is 1. The van der Waals surface area contributed by atoms with Crippen molar-refractivity contribution in [1.29, 1.82) is 0 Å². The van der Waals surface area contributed by atoms with Crippen LogP contribution in [0.3, 0.4) is 0 Å². The highest BCUT2D eigenvalue weighted by Crippen LogP contribution is 2.20. The molecule has 2 fully saturated rings. The highest BCUT2D eigenvalue weighted by molar-refractivity contribution is 5.78. The number of carbonyl (C=O) groups excluding carboxylic acids is 1. The van der Waals surface area contributed by atoms with Crippen molar-refractivity contribution >= 4 is 5.91 Å². The Hall–Kier alpha value is -1.59. The fourth-order valence-corrected chi connectivity index (χ4v) is 4.20. The number of rotatable bonds is 9. The molecule has 5 heteroatoms. The highest BCUT2D eigenvalue weighted by atomic mass is 16.5. The van der Waals surface area contributed by atoms with Gasteiger partial charge >= 0.3 is 0 Å². The van der Waals surface area contributed by atoms with Gasteiger partial charge in [0.2, 0.25) is 0 Å². The summed E-state index contributed by atoms with van der Waals surface area (Å²) in [7, 11) is 0. The Kier molecular flexibility index (Phi) is 7.53. The Balaban J connectivity index is 1.50. The van der Waals surface area contributed by atoms with E-state index in [1.54, 1.807) is 0 Å². The van der Waals surface area contributed by atoms with E-state index in [4.69, 9.17) is 4.74 Å². The van der Waals surface area contributed by atoms with Crippen LogP contribution in [-0.2, 0) is 11.3 Å². The summed E-state index contributed by atoms with van der Waals surface area (Å²) in [4.78, 5) is 16.8. The summed E-state index contributed by atoms with van der Waals surface area (Å²) in [5.41, 5.74) is 1.12. The molecule has 2 saturated heterocycles. The third-order valence-electron chi connectivity index (χ3n) is 5.83. The lowest BCUT2D eigenvalue weighted by Gasteiger charge is -2.31. The van der Waals surface area contributed by atoms with E-state index in [9.17, 15) is 4.79 Å². The van der Waals surface area contributed by atoms with E-state index < -0.39 is 0 Å². The second-order valence-electron chi connectivity index (χ2n) is 8.17. The molecule has 3 rings (SSSR count). The standard InChI is InChI=1S/C22H35N3O2/c1-18(2)20(24-11-5-6-12-24)16-23-15-19-9-3-4-10-21(19)27-17-22(26)25-13-7-8-14-25/h3-4,9-10,18,20,23H,5-8,11-17H2,1-2H3. The number of hydrogen-bond donors (Lipinski definition) is 1. The summed E-state index contributed by atoms with van der Waals surface area (Å²) < 4.78 is 5.87. The molecule has 0 aliphatic carbocycles. The van der Waals surface area contributed by atoms with Crippen LogP contribution in [0, 0.1) is 5.92 Å². The summed E-state index contributed by atoms with van der Waals surface area (Å²) in [6, 6.07) is 8.64. The maximum atomic E-state index is 12.2. The zero-order valence-electron chi connectivity index (χ0n) is 17.0. The number of ether oxygens (including phenoxy) is 1. The van der Waals surface area contributed by atoms with Crippen molar-refractivity contribution in [2.45, 2.75) is 52.1 Å². The molecule has 1 atom stereocenters. The summed E-state index contributed by atoms with van der Waals surface area (Å²) in [5, 5.41) is 3.63. The third-order valence-corrected chi connectivity index (χ3v) is 5.83. The van der Waals surface area contributed by atoms with Crippen LogP contribution in [0.5, 0.6) is 5.75 Å². The normalized spacial score (nSPS) is 19.0. The van der Waals surface area contributed by atoms with E-state index in [0.717, 1.165) is 50.3 Å². The van der Waals surface area contributed by atoms with E-state index >= 15 is 0 Å². The second kappa shape index (κ2) is 10.1.